The summed E-state index contributed by atoms with van der Waals surface area (Å²) in [6.07, 6.45) is 8.54. The van der Waals surface area contributed by atoms with Gasteiger partial charge in [0.15, 0.2) is 0 Å². The lowest BCUT2D eigenvalue weighted by Crippen LogP contribution is -2.17. The minimum Gasteiger partial charge on any atom is -0.314 e. The fourth-order valence-electron chi connectivity index (χ4n) is 2.86. The van der Waals surface area contributed by atoms with Gasteiger partial charge >= 0.3 is 0 Å². The van der Waals surface area contributed by atoms with Crippen LogP contribution in [0.5, 0.6) is 0 Å². The summed E-state index contributed by atoms with van der Waals surface area (Å²) in [7, 11) is 1.97. The Morgan fingerprint density at radius 3 is 2.61 bits per heavy atom. The van der Waals surface area contributed by atoms with Crippen LogP contribution in [0.15, 0.2) is 6.20 Å². The lowest BCUT2D eigenvalue weighted by atomic mass is 9.80. The first-order valence-electron chi connectivity index (χ1n) is 7.21. The third kappa shape index (κ3) is 3.08. The Bertz CT molecular complexity index is 381. The Hall–Kier alpha value is -0.960. The molecular formula is C15H25N3. The highest BCUT2D eigenvalue weighted by molar-refractivity contribution is 5.17. The molecule has 0 atom stereocenters. The highest BCUT2D eigenvalue weighted by Gasteiger charge is 2.23. The SMILES string of the molecule is CCC1CCC(c2ncc(C)c(CNC)n2)CC1. The lowest BCUT2D eigenvalue weighted by Gasteiger charge is -2.27. The molecule has 0 unspecified atom stereocenters. The van der Waals surface area contributed by atoms with Crippen LogP contribution >= 0.6 is 0 Å². The topological polar surface area (TPSA) is 37.8 Å². The summed E-state index contributed by atoms with van der Waals surface area (Å²) >= 11 is 0. The maximum Gasteiger partial charge on any atom is 0.131 e. The van der Waals surface area contributed by atoms with Gasteiger partial charge in [-0.25, -0.2) is 9.97 Å². The highest BCUT2D eigenvalue weighted by Crippen LogP contribution is 2.35. The van der Waals surface area contributed by atoms with Crippen molar-refractivity contribution in [2.24, 2.45) is 5.92 Å². The van der Waals surface area contributed by atoms with Crippen molar-refractivity contribution in [1.82, 2.24) is 15.3 Å². The van der Waals surface area contributed by atoms with Crippen LogP contribution in [0.25, 0.3) is 0 Å². The molecule has 1 N–H and O–H groups in total. The molecule has 3 nitrogen and oxygen atoms in total. The molecule has 0 amide bonds. The van der Waals surface area contributed by atoms with Crippen LogP contribution in [0.1, 0.15) is 62.0 Å². The van der Waals surface area contributed by atoms with E-state index in [1.165, 1.54) is 37.7 Å². The first-order chi connectivity index (χ1) is 8.74. The van der Waals surface area contributed by atoms with Gasteiger partial charge < -0.3 is 5.32 Å². The maximum absolute atomic E-state index is 4.76. The Morgan fingerprint density at radius 1 is 1.28 bits per heavy atom. The van der Waals surface area contributed by atoms with Gasteiger partial charge in [0.05, 0.1) is 5.69 Å². The van der Waals surface area contributed by atoms with Gasteiger partial charge in [0, 0.05) is 18.7 Å². The van der Waals surface area contributed by atoms with Crippen LogP contribution in [0.3, 0.4) is 0 Å². The minimum absolute atomic E-state index is 0.587. The van der Waals surface area contributed by atoms with Gasteiger partial charge in [0.1, 0.15) is 5.82 Å². The fourth-order valence-corrected chi connectivity index (χ4v) is 2.86. The normalized spacial score (nSPS) is 24.2. The number of rotatable bonds is 4. The highest BCUT2D eigenvalue weighted by atomic mass is 14.9. The van der Waals surface area contributed by atoms with Crippen molar-refractivity contribution in [3.63, 3.8) is 0 Å². The second-order valence-corrected chi connectivity index (χ2v) is 5.51. The van der Waals surface area contributed by atoms with E-state index in [1.54, 1.807) is 0 Å². The number of hydrogen-bond acceptors (Lipinski definition) is 3. The first-order valence-corrected chi connectivity index (χ1v) is 7.21. The van der Waals surface area contributed by atoms with E-state index in [1.807, 2.05) is 13.2 Å². The summed E-state index contributed by atoms with van der Waals surface area (Å²) in [5, 5.41) is 3.18. The monoisotopic (exact) mass is 247 g/mol. The second-order valence-electron chi connectivity index (χ2n) is 5.51. The quantitative estimate of drug-likeness (QED) is 0.888. The van der Waals surface area contributed by atoms with E-state index in [0.29, 0.717) is 5.92 Å². The summed E-state index contributed by atoms with van der Waals surface area (Å²) in [6, 6.07) is 0. The third-order valence-electron chi connectivity index (χ3n) is 4.23. The molecule has 0 aliphatic heterocycles. The van der Waals surface area contributed by atoms with E-state index >= 15 is 0 Å². The molecule has 0 saturated heterocycles. The van der Waals surface area contributed by atoms with Crippen molar-refractivity contribution in [3.05, 3.63) is 23.3 Å². The van der Waals surface area contributed by atoms with Crippen LogP contribution in [-0.4, -0.2) is 17.0 Å². The first kappa shape index (κ1) is 13.5. The third-order valence-corrected chi connectivity index (χ3v) is 4.23. The number of hydrogen-bond donors (Lipinski definition) is 1. The van der Waals surface area contributed by atoms with Crippen LogP contribution < -0.4 is 5.32 Å². The lowest BCUT2D eigenvalue weighted by molar-refractivity contribution is 0.311. The second kappa shape index (κ2) is 6.28. The average molecular weight is 247 g/mol. The van der Waals surface area contributed by atoms with Gasteiger partial charge in [0.2, 0.25) is 0 Å². The smallest absolute Gasteiger partial charge is 0.131 e. The van der Waals surface area contributed by atoms with Crippen molar-refractivity contribution in [2.45, 2.75) is 58.4 Å². The average Bonchev–Trinajstić information content (AvgIpc) is 2.42. The van der Waals surface area contributed by atoms with Crippen LogP contribution in [-0.2, 0) is 6.54 Å². The molecule has 1 fully saturated rings. The number of nitrogens with one attached hydrogen (secondary N) is 1. The Balaban J connectivity index is 2.07. The molecule has 1 aliphatic rings. The zero-order valence-corrected chi connectivity index (χ0v) is 11.9. The molecule has 2 rings (SSSR count). The molecule has 1 saturated carbocycles. The van der Waals surface area contributed by atoms with Gasteiger partial charge in [-0.1, -0.05) is 13.3 Å². The molecule has 1 aliphatic carbocycles. The van der Waals surface area contributed by atoms with Crippen LogP contribution in [0, 0.1) is 12.8 Å². The standard InChI is InChI=1S/C15H25N3/c1-4-12-5-7-13(8-6-12)15-17-9-11(2)14(18-15)10-16-3/h9,12-13,16H,4-8,10H2,1-3H3. The summed E-state index contributed by atoms with van der Waals surface area (Å²) in [5.74, 6) is 2.59. The van der Waals surface area contributed by atoms with Gasteiger partial charge in [-0.2, -0.15) is 0 Å². The molecule has 3 heteroatoms. The largest absolute Gasteiger partial charge is 0.314 e. The molecule has 0 spiro atoms. The van der Waals surface area contributed by atoms with Crippen molar-refractivity contribution in [3.8, 4) is 0 Å². The Labute approximate surface area is 110 Å². The summed E-state index contributed by atoms with van der Waals surface area (Å²) in [6.45, 7) is 5.23. The molecule has 1 aromatic rings. The van der Waals surface area contributed by atoms with Crippen molar-refractivity contribution in [2.75, 3.05) is 7.05 Å². The molecule has 0 bridgehead atoms. The van der Waals surface area contributed by atoms with E-state index in [4.69, 9.17) is 4.98 Å². The molecule has 1 aromatic heterocycles. The van der Waals surface area contributed by atoms with Gasteiger partial charge in [-0.3, -0.25) is 0 Å². The minimum atomic E-state index is 0.587. The fraction of sp³-hybridized carbons (Fsp3) is 0.733. The molecule has 1 heterocycles. The number of aryl methyl sites for hydroxylation is 1. The Morgan fingerprint density at radius 2 is 2.00 bits per heavy atom. The molecule has 18 heavy (non-hydrogen) atoms. The summed E-state index contributed by atoms with van der Waals surface area (Å²) < 4.78 is 0. The van der Waals surface area contributed by atoms with Crippen molar-refractivity contribution in [1.29, 1.82) is 0 Å². The van der Waals surface area contributed by atoms with E-state index in [9.17, 15) is 0 Å². The molecule has 0 radical (unpaired) electrons. The molecular weight excluding hydrogens is 222 g/mol. The van der Waals surface area contributed by atoms with Gasteiger partial charge in [-0.15, -0.1) is 0 Å². The van der Waals surface area contributed by atoms with Crippen LogP contribution in [0.2, 0.25) is 0 Å². The van der Waals surface area contributed by atoms with E-state index in [-0.39, 0.29) is 0 Å². The van der Waals surface area contributed by atoms with Crippen LogP contribution in [0.4, 0.5) is 0 Å². The molecule has 0 aromatic carbocycles. The summed E-state index contributed by atoms with van der Waals surface area (Å²) in [5.41, 5.74) is 2.34. The van der Waals surface area contributed by atoms with E-state index in [2.05, 4.69) is 24.1 Å². The summed E-state index contributed by atoms with van der Waals surface area (Å²) in [4.78, 5) is 9.32. The Kier molecular flexibility index (Phi) is 4.70. The zero-order valence-electron chi connectivity index (χ0n) is 11.9. The predicted molar refractivity (Wildman–Crippen MR) is 74.5 cm³/mol. The van der Waals surface area contributed by atoms with Gasteiger partial charge in [-0.05, 0) is 51.1 Å². The van der Waals surface area contributed by atoms with Crippen molar-refractivity contribution >= 4 is 0 Å². The van der Waals surface area contributed by atoms with Crippen molar-refractivity contribution < 1.29 is 0 Å². The number of nitrogens with zero attached hydrogens (tertiary/aromatic N) is 2. The van der Waals surface area contributed by atoms with E-state index in [0.717, 1.165) is 24.0 Å². The zero-order chi connectivity index (χ0) is 13.0. The maximum atomic E-state index is 4.76. The number of aromatic nitrogens is 2. The van der Waals surface area contributed by atoms with Gasteiger partial charge in [0.25, 0.3) is 0 Å². The predicted octanol–water partition coefficient (Wildman–Crippen LogP) is 3.19. The molecule has 100 valence electrons. The van der Waals surface area contributed by atoms with E-state index < -0.39 is 0 Å².